The molecule has 1 amide bonds. The molecule has 6 heteroatoms. The van der Waals surface area contributed by atoms with Crippen LogP contribution in [0.4, 0.5) is 4.79 Å². The van der Waals surface area contributed by atoms with Crippen LogP contribution in [0.25, 0.3) is 0 Å². The molecule has 0 radical (unpaired) electrons. The predicted octanol–water partition coefficient (Wildman–Crippen LogP) is 2.17. The summed E-state index contributed by atoms with van der Waals surface area (Å²) < 4.78 is 5.43. The molecular formula is C16H26N4O2. The molecule has 1 aromatic rings. The van der Waals surface area contributed by atoms with E-state index in [0.717, 1.165) is 38.3 Å². The van der Waals surface area contributed by atoms with Crippen molar-refractivity contribution in [3.8, 4) is 0 Å². The second-order valence-electron chi connectivity index (χ2n) is 6.97. The van der Waals surface area contributed by atoms with Gasteiger partial charge in [-0.3, -0.25) is 9.97 Å². The van der Waals surface area contributed by atoms with E-state index in [1.807, 2.05) is 25.7 Å². The number of nitrogens with zero attached hydrogens (tertiary/aromatic N) is 4. The van der Waals surface area contributed by atoms with Crippen molar-refractivity contribution < 1.29 is 9.53 Å². The topological polar surface area (TPSA) is 58.6 Å². The maximum Gasteiger partial charge on any atom is 0.410 e. The Morgan fingerprint density at radius 1 is 1.45 bits per heavy atom. The number of likely N-dealkylation sites (tertiary alicyclic amines) is 1. The highest BCUT2D eigenvalue weighted by molar-refractivity contribution is 5.68. The number of carbonyl (C=O) groups is 1. The van der Waals surface area contributed by atoms with Crippen LogP contribution in [-0.2, 0) is 11.3 Å². The number of aromatic nitrogens is 2. The molecule has 0 unspecified atom stereocenters. The molecule has 1 fully saturated rings. The van der Waals surface area contributed by atoms with Crippen LogP contribution in [0, 0.1) is 5.92 Å². The van der Waals surface area contributed by atoms with Crippen molar-refractivity contribution in [3.63, 3.8) is 0 Å². The van der Waals surface area contributed by atoms with Gasteiger partial charge in [0.25, 0.3) is 0 Å². The molecule has 1 aromatic heterocycles. The van der Waals surface area contributed by atoms with E-state index < -0.39 is 5.60 Å². The Kier molecular flexibility index (Phi) is 5.34. The molecule has 2 rings (SSSR count). The fraction of sp³-hybridized carbons (Fsp3) is 0.688. The summed E-state index contributed by atoms with van der Waals surface area (Å²) in [7, 11) is 2.07. The van der Waals surface area contributed by atoms with E-state index in [0.29, 0.717) is 5.92 Å². The molecule has 1 aliphatic heterocycles. The third-order valence-corrected chi connectivity index (χ3v) is 3.56. The standard InChI is InChI=1S/C16H26N4O2/c1-16(2,3)22-15(21)20-8-5-13(11-20)10-19(4)12-14-9-17-6-7-18-14/h6-7,9,13H,5,8,10-12H2,1-4H3/t13-/m0/s1. The monoisotopic (exact) mass is 306 g/mol. The fourth-order valence-electron chi connectivity index (χ4n) is 2.67. The van der Waals surface area contributed by atoms with Gasteiger partial charge in [-0.05, 0) is 40.2 Å². The number of hydrogen-bond donors (Lipinski definition) is 0. The summed E-state index contributed by atoms with van der Waals surface area (Å²) in [6.45, 7) is 8.94. The average molecular weight is 306 g/mol. The van der Waals surface area contributed by atoms with E-state index >= 15 is 0 Å². The second-order valence-corrected chi connectivity index (χ2v) is 6.97. The third-order valence-electron chi connectivity index (χ3n) is 3.56. The lowest BCUT2D eigenvalue weighted by molar-refractivity contribution is 0.0285. The Labute approximate surface area is 132 Å². The fourth-order valence-corrected chi connectivity index (χ4v) is 2.67. The van der Waals surface area contributed by atoms with Gasteiger partial charge in [-0.25, -0.2) is 4.79 Å². The molecule has 0 spiro atoms. The van der Waals surface area contributed by atoms with E-state index in [2.05, 4.69) is 21.9 Å². The highest BCUT2D eigenvalue weighted by Gasteiger charge is 2.30. The summed E-state index contributed by atoms with van der Waals surface area (Å²) in [5.74, 6) is 0.481. The molecular weight excluding hydrogens is 280 g/mol. The van der Waals surface area contributed by atoms with Crippen molar-refractivity contribution >= 4 is 6.09 Å². The molecule has 0 aliphatic carbocycles. The molecule has 22 heavy (non-hydrogen) atoms. The molecule has 2 heterocycles. The van der Waals surface area contributed by atoms with Gasteiger partial charge < -0.3 is 14.5 Å². The Hall–Kier alpha value is -1.69. The molecule has 0 N–H and O–H groups in total. The zero-order valence-corrected chi connectivity index (χ0v) is 14.0. The van der Waals surface area contributed by atoms with Crippen molar-refractivity contribution in [1.29, 1.82) is 0 Å². The summed E-state index contributed by atoms with van der Waals surface area (Å²) in [6.07, 6.45) is 6.00. The summed E-state index contributed by atoms with van der Waals surface area (Å²) in [6, 6.07) is 0. The van der Waals surface area contributed by atoms with Gasteiger partial charge in [0.1, 0.15) is 5.60 Å². The van der Waals surface area contributed by atoms with Gasteiger partial charge in [-0.2, -0.15) is 0 Å². The van der Waals surface area contributed by atoms with E-state index in [4.69, 9.17) is 4.74 Å². The minimum atomic E-state index is -0.433. The van der Waals surface area contributed by atoms with Crippen LogP contribution >= 0.6 is 0 Å². The van der Waals surface area contributed by atoms with Gasteiger partial charge in [0.15, 0.2) is 0 Å². The minimum absolute atomic E-state index is 0.202. The second kappa shape index (κ2) is 7.05. The van der Waals surface area contributed by atoms with Crippen molar-refractivity contribution in [2.75, 3.05) is 26.7 Å². The SMILES string of the molecule is CN(Cc1cnccn1)C[C@@H]1CCN(C(=O)OC(C)(C)C)C1. The van der Waals surface area contributed by atoms with Crippen molar-refractivity contribution in [3.05, 3.63) is 24.3 Å². The normalized spacial score (nSPS) is 18.8. The molecule has 122 valence electrons. The molecule has 1 aliphatic rings. The zero-order valence-electron chi connectivity index (χ0n) is 14.0. The molecule has 1 atom stereocenters. The Morgan fingerprint density at radius 3 is 2.86 bits per heavy atom. The van der Waals surface area contributed by atoms with Crippen molar-refractivity contribution in [2.24, 2.45) is 5.92 Å². The smallest absolute Gasteiger partial charge is 0.410 e. The molecule has 6 nitrogen and oxygen atoms in total. The van der Waals surface area contributed by atoms with Gasteiger partial charge in [-0.15, -0.1) is 0 Å². The lowest BCUT2D eigenvalue weighted by Gasteiger charge is -2.25. The van der Waals surface area contributed by atoms with E-state index in [1.165, 1.54) is 0 Å². The van der Waals surface area contributed by atoms with Gasteiger partial charge in [0.05, 0.1) is 5.69 Å². The summed E-state index contributed by atoms with van der Waals surface area (Å²) in [4.78, 5) is 24.5. The maximum absolute atomic E-state index is 12.1. The van der Waals surface area contributed by atoms with Crippen molar-refractivity contribution in [1.82, 2.24) is 19.8 Å². The van der Waals surface area contributed by atoms with Crippen LogP contribution in [-0.4, -0.2) is 58.1 Å². The maximum atomic E-state index is 12.1. The molecule has 0 saturated carbocycles. The third kappa shape index (κ3) is 5.26. The number of ether oxygens (including phenoxy) is 1. The first kappa shape index (κ1) is 16.7. The first-order valence-electron chi connectivity index (χ1n) is 7.75. The molecule has 0 aromatic carbocycles. The van der Waals surface area contributed by atoms with E-state index in [1.54, 1.807) is 18.6 Å². The Balaban J connectivity index is 1.77. The number of rotatable bonds is 4. The van der Waals surface area contributed by atoms with Crippen LogP contribution in [0.2, 0.25) is 0 Å². The zero-order chi connectivity index (χ0) is 16.2. The largest absolute Gasteiger partial charge is 0.444 e. The molecule has 1 saturated heterocycles. The summed E-state index contributed by atoms with van der Waals surface area (Å²) >= 11 is 0. The van der Waals surface area contributed by atoms with E-state index in [9.17, 15) is 4.79 Å². The number of carbonyl (C=O) groups excluding carboxylic acids is 1. The average Bonchev–Trinajstić information content (AvgIpc) is 2.86. The van der Waals surface area contributed by atoms with Gasteiger partial charge in [0.2, 0.25) is 0 Å². The highest BCUT2D eigenvalue weighted by atomic mass is 16.6. The van der Waals surface area contributed by atoms with E-state index in [-0.39, 0.29) is 6.09 Å². The highest BCUT2D eigenvalue weighted by Crippen LogP contribution is 2.20. The first-order valence-corrected chi connectivity index (χ1v) is 7.75. The molecule has 0 bridgehead atoms. The lowest BCUT2D eigenvalue weighted by Crippen LogP contribution is -2.36. The van der Waals surface area contributed by atoms with Crippen LogP contribution in [0.3, 0.4) is 0 Å². The Bertz CT molecular complexity index is 487. The number of amides is 1. The summed E-state index contributed by atoms with van der Waals surface area (Å²) in [5, 5.41) is 0. The Morgan fingerprint density at radius 2 is 2.23 bits per heavy atom. The van der Waals surface area contributed by atoms with Gasteiger partial charge in [0, 0.05) is 44.8 Å². The van der Waals surface area contributed by atoms with Gasteiger partial charge >= 0.3 is 6.09 Å². The van der Waals surface area contributed by atoms with Gasteiger partial charge in [-0.1, -0.05) is 0 Å². The first-order chi connectivity index (χ1) is 10.3. The minimum Gasteiger partial charge on any atom is -0.444 e. The summed E-state index contributed by atoms with van der Waals surface area (Å²) in [5.41, 5.74) is 0.532. The van der Waals surface area contributed by atoms with Crippen LogP contribution < -0.4 is 0 Å². The predicted molar refractivity (Wildman–Crippen MR) is 84.3 cm³/mol. The van der Waals surface area contributed by atoms with Crippen LogP contribution in [0.1, 0.15) is 32.9 Å². The quantitative estimate of drug-likeness (QED) is 0.853. The number of hydrogen-bond acceptors (Lipinski definition) is 5. The van der Waals surface area contributed by atoms with Crippen LogP contribution in [0.5, 0.6) is 0 Å². The van der Waals surface area contributed by atoms with Crippen LogP contribution in [0.15, 0.2) is 18.6 Å². The van der Waals surface area contributed by atoms with Crippen molar-refractivity contribution in [2.45, 2.75) is 39.3 Å². The lowest BCUT2D eigenvalue weighted by atomic mass is 10.1.